The summed E-state index contributed by atoms with van der Waals surface area (Å²) in [5.74, 6) is 4.55. The number of nitrogens with one attached hydrogen (secondary N) is 2. The van der Waals surface area contributed by atoms with Crippen molar-refractivity contribution in [3.63, 3.8) is 0 Å². The summed E-state index contributed by atoms with van der Waals surface area (Å²) in [5.41, 5.74) is 0. The van der Waals surface area contributed by atoms with E-state index in [0.717, 1.165) is 69.2 Å². The number of piperidine rings is 1. The van der Waals surface area contributed by atoms with Gasteiger partial charge in [-0.25, -0.2) is 0 Å². The molecule has 1 aromatic heterocycles. The second-order valence-corrected chi connectivity index (χ2v) is 9.69. The highest BCUT2D eigenvalue weighted by molar-refractivity contribution is 5.83. The Bertz CT molecular complexity index is 769. The Kier molecular flexibility index (Phi) is 5.14. The van der Waals surface area contributed by atoms with Crippen molar-refractivity contribution in [2.75, 3.05) is 26.2 Å². The fourth-order valence-corrected chi connectivity index (χ4v) is 5.21. The van der Waals surface area contributed by atoms with Gasteiger partial charge in [0, 0.05) is 37.4 Å². The van der Waals surface area contributed by atoms with Crippen LogP contribution in [0.15, 0.2) is 16.5 Å². The molecule has 0 spiro atoms. The van der Waals surface area contributed by atoms with Gasteiger partial charge in [-0.15, -0.1) is 0 Å². The molecule has 4 aliphatic rings. The smallest absolute Gasteiger partial charge is 0.237 e. The van der Waals surface area contributed by atoms with E-state index < -0.39 is 0 Å². The summed E-state index contributed by atoms with van der Waals surface area (Å²) in [6, 6.07) is 4.17. The first-order valence-electron chi connectivity index (χ1n) is 11.5. The number of amides is 2. The van der Waals surface area contributed by atoms with Gasteiger partial charge in [0.1, 0.15) is 11.5 Å². The quantitative estimate of drug-likeness (QED) is 0.771. The molecule has 6 nitrogen and oxygen atoms in total. The van der Waals surface area contributed by atoms with Crippen molar-refractivity contribution in [2.45, 2.75) is 63.3 Å². The minimum Gasteiger partial charge on any atom is -0.465 e. The molecule has 2 aliphatic heterocycles. The second-order valence-electron chi connectivity index (χ2n) is 9.69. The van der Waals surface area contributed by atoms with E-state index in [9.17, 15) is 9.59 Å². The predicted octanol–water partition coefficient (Wildman–Crippen LogP) is 2.61. The highest BCUT2D eigenvalue weighted by atomic mass is 16.3. The summed E-state index contributed by atoms with van der Waals surface area (Å²) in [5, 5.41) is 6.35. The number of hydrogen-bond donors (Lipinski definition) is 2. The zero-order valence-electron chi connectivity index (χ0n) is 17.4. The van der Waals surface area contributed by atoms with Crippen LogP contribution < -0.4 is 10.6 Å². The molecule has 158 valence electrons. The van der Waals surface area contributed by atoms with E-state index in [0.29, 0.717) is 18.4 Å². The Morgan fingerprint density at radius 2 is 1.97 bits per heavy atom. The van der Waals surface area contributed by atoms with Crippen LogP contribution in [0.2, 0.25) is 0 Å². The lowest BCUT2D eigenvalue weighted by atomic mass is 9.97. The van der Waals surface area contributed by atoms with Crippen LogP contribution in [-0.4, -0.2) is 48.9 Å². The van der Waals surface area contributed by atoms with Crippen LogP contribution in [0.3, 0.4) is 0 Å². The molecule has 0 radical (unpaired) electrons. The molecule has 6 atom stereocenters. The molecule has 6 unspecified atom stereocenters. The van der Waals surface area contributed by atoms with Gasteiger partial charge in [0.15, 0.2) is 0 Å². The Hall–Kier alpha value is -1.82. The monoisotopic (exact) mass is 399 g/mol. The number of furan rings is 1. The zero-order chi connectivity index (χ0) is 20.0. The minimum absolute atomic E-state index is 0.0274. The van der Waals surface area contributed by atoms with Gasteiger partial charge in [-0.2, -0.15) is 0 Å². The lowest BCUT2D eigenvalue weighted by Crippen LogP contribution is -2.47. The normalized spacial score (nSPS) is 36.1. The molecule has 29 heavy (non-hydrogen) atoms. The van der Waals surface area contributed by atoms with E-state index in [4.69, 9.17) is 4.42 Å². The van der Waals surface area contributed by atoms with Crippen LogP contribution in [0.5, 0.6) is 0 Å². The molecule has 0 aromatic carbocycles. The fraction of sp³-hybridized carbons (Fsp3) is 0.739. The van der Waals surface area contributed by atoms with Crippen molar-refractivity contribution in [1.29, 1.82) is 0 Å². The molecule has 2 aliphatic carbocycles. The summed E-state index contributed by atoms with van der Waals surface area (Å²) in [4.78, 5) is 27.3. The van der Waals surface area contributed by atoms with E-state index >= 15 is 0 Å². The van der Waals surface area contributed by atoms with E-state index in [-0.39, 0.29) is 29.7 Å². The van der Waals surface area contributed by atoms with Gasteiger partial charge in [0.05, 0.1) is 6.04 Å². The largest absolute Gasteiger partial charge is 0.465 e. The molecule has 5 rings (SSSR count). The van der Waals surface area contributed by atoms with Crippen molar-refractivity contribution < 1.29 is 14.0 Å². The Morgan fingerprint density at radius 3 is 2.69 bits per heavy atom. The first-order valence-corrected chi connectivity index (χ1v) is 11.5. The fourth-order valence-electron chi connectivity index (χ4n) is 5.21. The van der Waals surface area contributed by atoms with Gasteiger partial charge in [-0.3, -0.25) is 9.59 Å². The summed E-state index contributed by atoms with van der Waals surface area (Å²) in [6.45, 7) is 5.48. The standard InChI is InChI=1S/C23H33N3O3/c1-14-10-16(14)20-6-7-21(29-20)17-11-18(17)23(28)26-9-3-4-15(13-26)12-25-22(27)19-5-2-8-24-19/h6-7,14-19,24H,2-5,8-13H2,1H3,(H,25,27). The van der Waals surface area contributed by atoms with Gasteiger partial charge in [-0.1, -0.05) is 6.92 Å². The molecule has 2 amide bonds. The van der Waals surface area contributed by atoms with Gasteiger partial charge in [0.2, 0.25) is 11.8 Å². The number of likely N-dealkylation sites (tertiary alicyclic amines) is 1. The van der Waals surface area contributed by atoms with Gasteiger partial charge in [-0.05, 0) is 69.0 Å². The molecular formula is C23H33N3O3. The Balaban J connectivity index is 1.11. The number of carbonyl (C=O) groups is 2. The van der Waals surface area contributed by atoms with Crippen molar-refractivity contribution in [1.82, 2.24) is 15.5 Å². The van der Waals surface area contributed by atoms with E-state index in [1.165, 1.54) is 6.42 Å². The number of nitrogens with zero attached hydrogens (tertiary/aromatic N) is 1. The van der Waals surface area contributed by atoms with E-state index in [1.807, 2.05) is 4.90 Å². The molecule has 6 heteroatoms. The SMILES string of the molecule is CC1CC1c1ccc(C2CC2C(=O)N2CCCC(CNC(=O)C3CCCN3)C2)o1. The van der Waals surface area contributed by atoms with Crippen molar-refractivity contribution >= 4 is 11.8 Å². The maximum Gasteiger partial charge on any atom is 0.237 e. The molecule has 2 saturated carbocycles. The molecular weight excluding hydrogens is 366 g/mol. The Labute approximate surface area is 172 Å². The number of hydrogen-bond acceptors (Lipinski definition) is 4. The third-order valence-corrected chi connectivity index (χ3v) is 7.37. The number of carbonyl (C=O) groups excluding carboxylic acids is 2. The summed E-state index contributed by atoms with van der Waals surface area (Å²) in [7, 11) is 0. The van der Waals surface area contributed by atoms with Crippen LogP contribution in [-0.2, 0) is 9.59 Å². The first kappa shape index (κ1) is 19.2. The average Bonchev–Trinajstić information content (AvgIpc) is 3.52. The third kappa shape index (κ3) is 4.09. The highest BCUT2D eigenvalue weighted by Gasteiger charge is 2.48. The number of rotatable bonds is 6. The molecule has 0 bridgehead atoms. The lowest BCUT2D eigenvalue weighted by molar-refractivity contribution is -0.134. The second kappa shape index (κ2) is 7.78. The maximum atomic E-state index is 13.0. The topological polar surface area (TPSA) is 74.6 Å². The zero-order valence-corrected chi connectivity index (χ0v) is 17.4. The van der Waals surface area contributed by atoms with Gasteiger partial charge >= 0.3 is 0 Å². The maximum absolute atomic E-state index is 13.0. The summed E-state index contributed by atoms with van der Waals surface area (Å²) >= 11 is 0. The molecule has 3 heterocycles. The van der Waals surface area contributed by atoms with Crippen molar-refractivity contribution in [2.24, 2.45) is 17.8 Å². The van der Waals surface area contributed by atoms with Gasteiger partial charge in [0.25, 0.3) is 0 Å². The van der Waals surface area contributed by atoms with E-state index in [2.05, 4.69) is 29.7 Å². The van der Waals surface area contributed by atoms with Crippen LogP contribution >= 0.6 is 0 Å². The van der Waals surface area contributed by atoms with Crippen molar-refractivity contribution in [3.8, 4) is 0 Å². The minimum atomic E-state index is -0.0274. The van der Waals surface area contributed by atoms with Gasteiger partial charge < -0.3 is 20.0 Å². The molecule has 4 fully saturated rings. The molecule has 2 saturated heterocycles. The van der Waals surface area contributed by atoms with E-state index in [1.54, 1.807) is 0 Å². The first-order chi connectivity index (χ1) is 14.1. The summed E-state index contributed by atoms with van der Waals surface area (Å²) < 4.78 is 6.08. The summed E-state index contributed by atoms with van der Waals surface area (Å²) in [6.07, 6.45) is 6.24. The predicted molar refractivity (Wildman–Crippen MR) is 109 cm³/mol. The van der Waals surface area contributed by atoms with Crippen LogP contribution in [0.25, 0.3) is 0 Å². The molecule has 1 aromatic rings. The van der Waals surface area contributed by atoms with Crippen LogP contribution in [0.1, 0.15) is 68.8 Å². The lowest BCUT2D eigenvalue weighted by Gasteiger charge is -2.33. The van der Waals surface area contributed by atoms with Crippen LogP contribution in [0, 0.1) is 17.8 Å². The highest BCUT2D eigenvalue weighted by Crippen LogP contribution is 2.52. The van der Waals surface area contributed by atoms with Crippen LogP contribution in [0.4, 0.5) is 0 Å². The Morgan fingerprint density at radius 1 is 1.17 bits per heavy atom. The van der Waals surface area contributed by atoms with Crippen molar-refractivity contribution in [3.05, 3.63) is 23.7 Å². The molecule has 2 N–H and O–H groups in total. The third-order valence-electron chi connectivity index (χ3n) is 7.37. The average molecular weight is 400 g/mol.